The Balaban J connectivity index is 1.43. The molecule has 0 aromatic heterocycles. The van der Waals surface area contributed by atoms with Gasteiger partial charge in [0, 0.05) is 11.1 Å². The van der Waals surface area contributed by atoms with Crippen molar-refractivity contribution >= 4 is 15.7 Å². The molecule has 0 bridgehead atoms. The van der Waals surface area contributed by atoms with Crippen LogP contribution in [0.2, 0.25) is 0 Å². The molecule has 1 aromatic carbocycles. The fourth-order valence-electron chi connectivity index (χ4n) is 8.08. The quantitative estimate of drug-likeness (QED) is 0.654. The Morgan fingerprint density at radius 2 is 1.71 bits per heavy atom. The smallest absolute Gasteiger partial charge is 0.282 e. The highest BCUT2D eigenvalue weighted by molar-refractivity contribution is 7.90. The van der Waals surface area contributed by atoms with Crippen LogP contribution in [0.3, 0.4) is 0 Å². The minimum atomic E-state index is -3.66. The van der Waals surface area contributed by atoms with Gasteiger partial charge in [-0.2, -0.15) is 12.8 Å². The monoisotopic (exact) mass is 443 g/mol. The van der Waals surface area contributed by atoms with Crippen molar-refractivity contribution < 1.29 is 13.5 Å². The highest BCUT2D eigenvalue weighted by Gasteiger charge is 2.59. The third-order valence-corrected chi connectivity index (χ3v) is 11.3. The number of nitrogens with zero attached hydrogens (tertiary/aromatic N) is 1. The van der Waals surface area contributed by atoms with E-state index in [-0.39, 0.29) is 11.5 Å². The number of aliphatic hydroxyl groups is 1. The maximum atomic E-state index is 13.1. The van der Waals surface area contributed by atoms with Gasteiger partial charge in [-0.15, -0.1) is 0 Å². The van der Waals surface area contributed by atoms with Crippen LogP contribution in [0.5, 0.6) is 0 Å². The third kappa shape index (κ3) is 3.42. The summed E-state index contributed by atoms with van der Waals surface area (Å²) in [4.78, 5) is 0.306. The van der Waals surface area contributed by atoms with Gasteiger partial charge < -0.3 is 5.11 Å². The lowest BCUT2D eigenvalue weighted by Crippen LogP contribution is -2.54. The van der Waals surface area contributed by atoms with E-state index in [1.807, 2.05) is 19.1 Å². The van der Waals surface area contributed by atoms with Crippen molar-refractivity contribution in [1.29, 1.82) is 0 Å². The number of aryl methyl sites for hydroxylation is 1. The molecule has 0 unspecified atom stereocenters. The van der Waals surface area contributed by atoms with E-state index < -0.39 is 10.0 Å². The van der Waals surface area contributed by atoms with Crippen molar-refractivity contribution in [3.05, 3.63) is 29.8 Å². The lowest BCUT2D eigenvalue weighted by Gasteiger charge is -2.60. The van der Waals surface area contributed by atoms with Crippen molar-refractivity contribution in [2.24, 2.45) is 38.9 Å². The standard InChI is InChI=1S/C26H37NO3S/c1-17-4-7-20(8-5-17)31(29,30)27-24-11-10-22-21-9-6-18-16-19(28)12-14-25(18,2)23(21)13-15-26(22,24)3/h4-5,7-8,18-19,21-23,28H,6,9-16H2,1-3H3/b27-24+/t18-,19-,21+,22+,23+,25+,26+/m1/s1. The number of fused-ring (bicyclic) bond motifs is 5. The third-order valence-electron chi connectivity index (χ3n) is 9.93. The summed E-state index contributed by atoms with van der Waals surface area (Å²) in [5.41, 5.74) is 2.23. The van der Waals surface area contributed by atoms with Gasteiger partial charge in [0.15, 0.2) is 0 Å². The van der Waals surface area contributed by atoms with Gasteiger partial charge in [-0.25, -0.2) is 0 Å². The number of benzene rings is 1. The van der Waals surface area contributed by atoms with Crippen LogP contribution in [0.4, 0.5) is 0 Å². The molecular formula is C26H37NO3S. The molecule has 5 rings (SSSR count). The first-order chi connectivity index (χ1) is 14.6. The molecule has 4 nitrogen and oxygen atoms in total. The first-order valence-corrected chi connectivity index (χ1v) is 13.7. The van der Waals surface area contributed by atoms with Crippen LogP contribution in [-0.2, 0) is 10.0 Å². The predicted octanol–water partition coefficient (Wildman–Crippen LogP) is 5.53. The van der Waals surface area contributed by atoms with Gasteiger partial charge in [0.1, 0.15) is 0 Å². The molecule has 4 aliphatic carbocycles. The van der Waals surface area contributed by atoms with Gasteiger partial charge >= 0.3 is 0 Å². The molecule has 4 saturated carbocycles. The summed E-state index contributed by atoms with van der Waals surface area (Å²) in [6.07, 6.45) is 9.51. The largest absolute Gasteiger partial charge is 0.393 e. The Hall–Kier alpha value is -1.20. The van der Waals surface area contributed by atoms with Gasteiger partial charge in [-0.05, 0) is 106 Å². The summed E-state index contributed by atoms with van der Waals surface area (Å²) in [5.74, 6) is 2.58. The van der Waals surface area contributed by atoms with E-state index in [0.717, 1.165) is 49.8 Å². The van der Waals surface area contributed by atoms with E-state index in [4.69, 9.17) is 0 Å². The van der Waals surface area contributed by atoms with Gasteiger partial charge in [0.2, 0.25) is 0 Å². The fourth-order valence-corrected chi connectivity index (χ4v) is 9.26. The SMILES string of the molecule is Cc1ccc(S(=O)(=O)/N=C2\CC[C@H]3[C@@H]4CC[C@@H]5C[C@H](O)CC[C@]5(C)[C@H]4CC[C@]23C)cc1. The zero-order valence-corrected chi connectivity index (χ0v) is 20.0. The number of sulfonamides is 1. The van der Waals surface area contributed by atoms with E-state index in [0.29, 0.717) is 34.0 Å². The second kappa shape index (κ2) is 7.41. The van der Waals surface area contributed by atoms with Crippen LogP contribution in [-0.4, -0.2) is 25.3 Å². The normalized spacial score (nSPS) is 43.9. The Labute approximate surface area is 187 Å². The van der Waals surface area contributed by atoms with Gasteiger partial charge in [-0.3, -0.25) is 0 Å². The highest BCUT2D eigenvalue weighted by Crippen LogP contribution is 2.65. The second-order valence-electron chi connectivity index (χ2n) is 11.4. The van der Waals surface area contributed by atoms with E-state index >= 15 is 0 Å². The average Bonchev–Trinajstić information content (AvgIpc) is 3.04. The molecule has 4 aliphatic rings. The maximum Gasteiger partial charge on any atom is 0.282 e. The Kier molecular flexibility index (Phi) is 5.17. The molecule has 170 valence electrons. The summed E-state index contributed by atoms with van der Waals surface area (Å²) < 4.78 is 30.6. The summed E-state index contributed by atoms with van der Waals surface area (Å²) in [6, 6.07) is 7.05. The first kappa shape index (κ1) is 21.6. The number of hydrogen-bond acceptors (Lipinski definition) is 3. The van der Waals surface area contributed by atoms with Crippen LogP contribution in [0.15, 0.2) is 33.6 Å². The average molecular weight is 444 g/mol. The van der Waals surface area contributed by atoms with E-state index in [2.05, 4.69) is 18.2 Å². The van der Waals surface area contributed by atoms with Crippen LogP contribution in [0, 0.1) is 41.4 Å². The minimum absolute atomic E-state index is 0.0870. The Morgan fingerprint density at radius 3 is 2.45 bits per heavy atom. The van der Waals surface area contributed by atoms with E-state index in [1.54, 1.807) is 12.1 Å². The first-order valence-electron chi connectivity index (χ1n) is 12.2. The molecule has 31 heavy (non-hydrogen) atoms. The maximum absolute atomic E-state index is 13.1. The molecule has 1 aromatic rings. The van der Waals surface area contributed by atoms with Crippen LogP contribution >= 0.6 is 0 Å². The molecule has 0 spiro atoms. The lowest BCUT2D eigenvalue weighted by atomic mass is 9.45. The molecule has 0 saturated heterocycles. The molecule has 0 radical (unpaired) electrons. The molecule has 0 amide bonds. The Morgan fingerprint density at radius 1 is 0.968 bits per heavy atom. The molecule has 5 heteroatoms. The van der Waals surface area contributed by atoms with E-state index in [9.17, 15) is 13.5 Å². The summed E-state index contributed by atoms with van der Waals surface area (Å²) in [6.45, 7) is 6.75. The van der Waals surface area contributed by atoms with Crippen LogP contribution in [0.25, 0.3) is 0 Å². The molecule has 4 fully saturated rings. The van der Waals surface area contributed by atoms with Crippen LogP contribution in [0.1, 0.15) is 77.2 Å². The van der Waals surface area contributed by atoms with Gasteiger partial charge in [0.25, 0.3) is 10.0 Å². The summed E-state index contributed by atoms with van der Waals surface area (Å²) >= 11 is 0. The van der Waals surface area contributed by atoms with Crippen LogP contribution < -0.4 is 0 Å². The fraction of sp³-hybridized carbons (Fsp3) is 0.731. The highest BCUT2D eigenvalue weighted by atomic mass is 32.2. The molecule has 1 N–H and O–H groups in total. The zero-order chi connectivity index (χ0) is 22.0. The predicted molar refractivity (Wildman–Crippen MR) is 124 cm³/mol. The van der Waals surface area contributed by atoms with Crippen molar-refractivity contribution in [1.82, 2.24) is 0 Å². The van der Waals surface area contributed by atoms with Crippen molar-refractivity contribution in [2.45, 2.75) is 89.6 Å². The molecule has 0 heterocycles. The molecule has 7 atom stereocenters. The summed E-state index contributed by atoms with van der Waals surface area (Å²) in [5, 5.41) is 10.2. The van der Waals surface area contributed by atoms with E-state index in [1.165, 1.54) is 19.3 Å². The minimum Gasteiger partial charge on any atom is -0.393 e. The van der Waals surface area contributed by atoms with Gasteiger partial charge in [-0.1, -0.05) is 31.5 Å². The topological polar surface area (TPSA) is 66.7 Å². The zero-order valence-electron chi connectivity index (χ0n) is 19.2. The number of aliphatic hydroxyl groups excluding tert-OH is 1. The van der Waals surface area contributed by atoms with Crippen molar-refractivity contribution in [3.63, 3.8) is 0 Å². The number of rotatable bonds is 2. The molecule has 0 aliphatic heterocycles. The lowest BCUT2D eigenvalue weighted by molar-refractivity contribution is -0.113. The summed E-state index contributed by atoms with van der Waals surface area (Å²) in [7, 11) is -3.66. The Bertz CT molecular complexity index is 984. The molecular weight excluding hydrogens is 406 g/mol. The van der Waals surface area contributed by atoms with Crippen molar-refractivity contribution in [2.75, 3.05) is 0 Å². The van der Waals surface area contributed by atoms with Gasteiger partial charge in [0.05, 0.1) is 11.0 Å². The van der Waals surface area contributed by atoms with Crippen molar-refractivity contribution in [3.8, 4) is 0 Å². The second-order valence-corrected chi connectivity index (χ2v) is 13.0. The number of hydrogen-bond donors (Lipinski definition) is 1.